The Hall–Kier alpha value is -0.800. The van der Waals surface area contributed by atoms with Crippen molar-refractivity contribution in [1.82, 2.24) is 0 Å². The molecule has 0 saturated heterocycles. The van der Waals surface area contributed by atoms with Gasteiger partial charge in [0.2, 0.25) is 0 Å². The van der Waals surface area contributed by atoms with Gasteiger partial charge in [-0.2, -0.15) is 0 Å². The van der Waals surface area contributed by atoms with E-state index in [9.17, 15) is 0 Å². The van der Waals surface area contributed by atoms with Crippen molar-refractivity contribution in [2.75, 3.05) is 14.2 Å². The van der Waals surface area contributed by atoms with Crippen LogP contribution in [0.25, 0.3) is 0 Å². The number of hydrogen-bond acceptors (Lipinski definition) is 4. The average Bonchev–Trinajstić information content (AvgIpc) is 2.53. The number of rotatable bonds is 6. The van der Waals surface area contributed by atoms with Crippen LogP contribution in [0.2, 0.25) is 0 Å². The molecule has 0 radical (unpaired) electrons. The van der Waals surface area contributed by atoms with E-state index in [1.54, 1.807) is 25.6 Å². The highest BCUT2D eigenvalue weighted by molar-refractivity contribution is 8.71. The van der Waals surface area contributed by atoms with E-state index in [4.69, 9.17) is 21.1 Å². The Morgan fingerprint density at radius 3 is 2.20 bits per heavy atom. The van der Waals surface area contributed by atoms with Gasteiger partial charge in [-0.25, -0.2) is 0 Å². The Balaban J connectivity index is 2.13. The van der Waals surface area contributed by atoms with Gasteiger partial charge in [0.1, 0.15) is 11.2 Å². The normalized spacial score (nSPS) is 13.7. The van der Waals surface area contributed by atoms with Crippen molar-refractivity contribution < 1.29 is 9.26 Å². The Labute approximate surface area is 129 Å². The first-order valence-electron chi connectivity index (χ1n) is 6.17. The highest BCUT2D eigenvalue weighted by atomic mass is 32.9. The Morgan fingerprint density at radius 2 is 1.65 bits per heavy atom. The molecule has 5 heteroatoms. The van der Waals surface area contributed by atoms with Crippen molar-refractivity contribution >= 4 is 34.0 Å². The van der Waals surface area contributed by atoms with Crippen LogP contribution in [0.15, 0.2) is 54.6 Å². The minimum absolute atomic E-state index is 0.833. The summed E-state index contributed by atoms with van der Waals surface area (Å²) in [6.45, 7) is 0. The molecule has 0 aromatic heterocycles. The molecule has 0 amide bonds. The second-order valence-corrected chi connectivity index (χ2v) is 11.1. The van der Waals surface area contributed by atoms with Gasteiger partial charge in [0.15, 0.2) is 0 Å². The zero-order valence-electron chi connectivity index (χ0n) is 11.5. The van der Waals surface area contributed by atoms with Crippen LogP contribution >= 0.6 is 16.8 Å². The molecule has 1 unspecified atom stereocenters. The van der Waals surface area contributed by atoms with E-state index < -0.39 is 5.47 Å². The summed E-state index contributed by atoms with van der Waals surface area (Å²) in [5, 5.41) is 1.07. The lowest BCUT2D eigenvalue weighted by Crippen LogP contribution is -2.03. The molecule has 2 aromatic rings. The second-order valence-electron chi connectivity index (χ2n) is 4.14. The zero-order valence-corrected chi connectivity index (χ0v) is 14.0. The molecule has 0 aliphatic carbocycles. The molecule has 2 rings (SSSR count). The summed E-state index contributed by atoms with van der Waals surface area (Å²) in [4.78, 5) is 0. The number of ether oxygens (including phenoxy) is 1. The molecule has 2 aromatic carbocycles. The van der Waals surface area contributed by atoms with Crippen molar-refractivity contribution in [1.29, 1.82) is 0 Å². The summed E-state index contributed by atoms with van der Waals surface area (Å²) in [5.41, 5.74) is -0.793. The standard InChI is InChI=1S/C15H17O2PS2/c1-16-14-8-10-15(11-9-14)18(19,17-2)20-12-13-6-4-3-5-7-13/h3-11H,12H2,1-2H3. The molecule has 0 bridgehead atoms. The highest BCUT2D eigenvalue weighted by Crippen LogP contribution is 2.59. The summed E-state index contributed by atoms with van der Waals surface area (Å²) in [6, 6.07) is 18.2. The molecule has 0 N–H and O–H groups in total. The minimum Gasteiger partial charge on any atom is -0.497 e. The topological polar surface area (TPSA) is 18.5 Å². The van der Waals surface area contributed by atoms with E-state index >= 15 is 0 Å². The molecule has 0 spiro atoms. The van der Waals surface area contributed by atoms with Gasteiger partial charge in [-0.3, -0.25) is 0 Å². The van der Waals surface area contributed by atoms with Crippen LogP contribution in [0.3, 0.4) is 0 Å². The molecule has 20 heavy (non-hydrogen) atoms. The minimum atomic E-state index is -2.05. The van der Waals surface area contributed by atoms with Gasteiger partial charge in [0.25, 0.3) is 0 Å². The first-order valence-corrected chi connectivity index (χ1v) is 10.5. The van der Waals surface area contributed by atoms with Crippen LogP contribution in [0.4, 0.5) is 0 Å². The molecule has 0 aliphatic rings. The predicted octanol–water partition coefficient (Wildman–Crippen LogP) is 4.21. The SMILES string of the molecule is COc1ccc(P(=S)(OC)SCc2ccccc2)cc1. The predicted molar refractivity (Wildman–Crippen MR) is 91.7 cm³/mol. The summed E-state index contributed by atoms with van der Waals surface area (Å²) >= 11 is 7.47. The second kappa shape index (κ2) is 7.28. The molecular formula is C15H17O2PS2. The van der Waals surface area contributed by atoms with Gasteiger partial charge in [0, 0.05) is 18.2 Å². The van der Waals surface area contributed by atoms with Crippen molar-refractivity contribution in [2.24, 2.45) is 0 Å². The van der Waals surface area contributed by atoms with Crippen LogP contribution in [0.5, 0.6) is 5.75 Å². The fourth-order valence-electron chi connectivity index (χ4n) is 1.73. The number of benzene rings is 2. The fraction of sp³-hybridized carbons (Fsp3) is 0.200. The molecule has 0 saturated carbocycles. The first kappa shape index (κ1) is 15.6. The van der Waals surface area contributed by atoms with Crippen LogP contribution in [0, 0.1) is 0 Å². The van der Waals surface area contributed by atoms with Crippen LogP contribution < -0.4 is 10.0 Å². The first-order chi connectivity index (χ1) is 9.68. The van der Waals surface area contributed by atoms with Gasteiger partial charge in [0.05, 0.1) is 7.11 Å². The van der Waals surface area contributed by atoms with Crippen molar-refractivity contribution in [3.05, 3.63) is 60.2 Å². The maximum absolute atomic E-state index is 5.76. The molecule has 0 heterocycles. The molecule has 106 valence electrons. The van der Waals surface area contributed by atoms with Crippen LogP contribution in [-0.2, 0) is 22.1 Å². The Bertz CT molecular complexity index is 585. The molecule has 2 nitrogen and oxygen atoms in total. The maximum Gasteiger partial charge on any atom is 0.148 e. The van der Waals surface area contributed by atoms with E-state index in [1.807, 2.05) is 42.5 Å². The summed E-state index contributed by atoms with van der Waals surface area (Å²) in [7, 11) is 3.36. The summed E-state index contributed by atoms with van der Waals surface area (Å²) < 4.78 is 10.8. The number of methoxy groups -OCH3 is 1. The lowest BCUT2D eigenvalue weighted by atomic mass is 10.2. The van der Waals surface area contributed by atoms with Crippen LogP contribution in [-0.4, -0.2) is 14.2 Å². The Kier molecular flexibility index (Phi) is 5.67. The van der Waals surface area contributed by atoms with E-state index in [1.165, 1.54) is 5.56 Å². The van der Waals surface area contributed by atoms with Gasteiger partial charge in [-0.15, -0.1) is 0 Å². The van der Waals surface area contributed by atoms with Crippen molar-refractivity contribution in [2.45, 2.75) is 5.75 Å². The highest BCUT2D eigenvalue weighted by Gasteiger charge is 2.20. The molecule has 0 fully saturated rings. The third-order valence-electron chi connectivity index (χ3n) is 2.87. The third-order valence-corrected chi connectivity index (χ3v) is 9.60. The molecule has 1 atom stereocenters. The maximum atomic E-state index is 5.76. The van der Waals surface area contributed by atoms with E-state index in [-0.39, 0.29) is 0 Å². The van der Waals surface area contributed by atoms with Gasteiger partial charge < -0.3 is 9.26 Å². The van der Waals surface area contributed by atoms with E-state index in [2.05, 4.69) is 12.1 Å². The summed E-state index contributed by atoms with van der Waals surface area (Å²) in [5.74, 6) is 1.69. The van der Waals surface area contributed by atoms with E-state index in [0.29, 0.717) is 0 Å². The van der Waals surface area contributed by atoms with Crippen LogP contribution in [0.1, 0.15) is 5.56 Å². The van der Waals surface area contributed by atoms with Gasteiger partial charge in [-0.05, 0) is 29.8 Å². The fourth-order valence-corrected chi connectivity index (χ4v) is 6.15. The lowest BCUT2D eigenvalue weighted by molar-refractivity contribution is 0.415. The zero-order chi connectivity index (χ0) is 14.4. The summed E-state index contributed by atoms with van der Waals surface area (Å²) in [6.07, 6.45) is 0. The monoisotopic (exact) mass is 324 g/mol. The quantitative estimate of drug-likeness (QED) is 0.741. The largest absolute Gasteiger partial charge is 0.497 e. The molecule has 0 aliphatic heterocycles. The Morgan fingerprint density at radius 1 is 1.00 bits per heavy atom. The van der Waals surface area contributed by atoms with Crippen molar-refractivity contribution in [3.63, 3.8) is 0 Å². The average molecular weight is 324 g/mol. The lowest BCUT2D eigenvalue weighted by Gasteiger charge is -2.20. The number of hydrogen-bond donors (Lipinski definition) is 0. The van der Waals surface area contributed by atoms with E-state index in [0.717, 1.165) is 16.8 Å². The van der Waals surface area contributed by atoms with Gasteiger partial charge in [-0.1, -0.05) is 53.5 Å². The molecular weight excluding hydrogens is 307 g/mol. The van der Waals surface area contributed by atoms with Crippen molar-refractivity contribution in [3.8, 4) is 5.75 Å². The third kappa shape index (κ3) is 3.86. The smallest absolute Gasteiger partial charge is 0.148 e. The van der Waals surface area contributed by atoms with Gasteiger partial charge >= 0.3 is 0 Å².